The number of hydrogen-bond donors (Lipinski definition) is 0. The van der Waals surface area contributed by atoms with Crippen LogP contribution in [0.2, 0.25) is 0 Å². The summed E-state index contributed by atoms with van der Waals surface area (Å²) in [6, 6.07) is 11.9. The van der Waals surface area contributed by atoms with Crippen LogP contribution in [0.15, 0.2) is 55.0 Å². The molecular weight excluding hydrogens is 390 g/mol. The topological polar surface area (TPSA) is 73.1 Å². The third kappa shape index (κ3) is 3.86. The van der Waals surface area contributed by atoms with Gasteiger partial charge in [-0.05, 0) is 35.4 Å². The molecule has 3 aromatic heterocycles. The van der Waals surface area contributed by atoms with Crippen LogP contribution in [-0.2, 0) is 31.2 Å². The van der Waals surface area contributed by atoms with Crippen molar-refractivity contribution < 1.29 is 9.53 Å². The number of amides is 1. The van der Waals surface area contributed by atoms with E-state index in [9.17, 15) is 4.79 Å². The summed E-state index contributed by atoms with van der Waals surface area (Å²) in [4.78, 5) is 24.2. The average Bonchev–Trinajstić information content (AvgIpc) is 3.23. The van der Waals surface area contributed by atoms with Gasteiger partial charge in [-0.25, -0.2) is 9.97 Å². The van der Waals surface area contributed by atoms with Crippen LogP contribution >= 0.6 is 0 Å². The van der Waals surface area contributed by atoms with Crippen LogP contribution in [-0.4, -0.2) is 44.2 Å². The summed E-state index contributed by atoms with van der Waals surface area (Å²) < 4.78 is 7.04. The highest BCUT2D eigenvalue weighted by molar-refractivity contribution is 5.82. The third-order valence-corrected chi connectivity index (χ3v) is 5.70. The Hall–Kier alpha value is -3.74. The molecule has 7 heteroatoms. The van der Waals surface area contributed by atoms with Crippen molar-refractivity contribution in [2.24, 2.45) is 7.05 Å². The van der Waals surface area contributed by atoms with Gasteiger partial charge in [-0.3, -0.25) is 9.48 Å². The molecule has 0 saturated carbocycles. The van der Waals surface area contributed by atoms with Crippen molar-refractivity contribution in [3.8, 4) is 16.9 Å². The largest absolute Gasteiger partial charge is 0.497 e. The molecule has 4 heterocycles. The number of aromatic nitrogens is 4. The highest BCUT2D eigenvalue weighted by Crippen LogP contribution is 2.26. The minimum Gasteiger partial charge on any atom is -0.497 e. The number of carbonyl (C=O) groups is 1. The van der Waals surface area contributed by atoms with Crippen molar-refractivity contribution >= 4 is 16.9 Å². The lowest BCUT2D eigenvalue weighted by atomic mass is 10.0. The van der Waals surface area contributed by atoms with E-state index in [0.29, 0.717) is 19.5 Å². The molecule has 1 aromatic carbocycles. The highest BCUT2D eigenvalue weighted by atomic mass is 16.5. The molecule has 7 nitrogen and oxygen atoms in total. The van der Waals surface area contributed by atoms with Gasteiger partial charge in [0.25, 0.3) is 0 Å². The zero-order valence-electron chi connectivity index (χ0n) is 17.6. The van der Waals surface area contributed by atoms with Gasteiger partial charge in [0.1, 0.15) is 5.75 Å². The van der Waals surface area contributed by atoms with Crippen LogP contribution in [0.25, 0.3) is 22.2 Å². The lowest BCUT2D eigenvalue weighted by Gasteiger charge is -2.28. The number of nitrogens with zero attached hydrogens (tertiary/aromatic N) is 5. The van der Waals surface area contributed by atoms with Crippen LogP contribution in [0, 0.1) is 0 Å². The zero-order chi connectivity index (χ0) is 21.4. The molecule has 0 fully saturated rings. The number of rotatable bonds is 4. The smallest absolute Gasteiger partial charge is 0.227 e. The molecule has 0 N–H and O–H groups in total. The molecule has 31 heavy (non-hydrogen) atoms. The zero-order valence-corrected chi connectivity index (χ0v) is 17.6. The number of aryl methyl sites for hydroxylation is 1. The predicted molar refractivity (Wildman–Crippen MR) is 118 cm³/mol. The Morgan fingerprint density at radius 3 is 2.87 bits per heavy atom. The van der Waals surface area contributed by atoms with Gasteiger partial charge in [-0.1, -0.05) is 12.1 Å². The molecule has 1 aliphatic heterocycles. The number of methoxy groups -OCH3 is 1. The normalized spacial score (nSPS) is 13.3. The fourth-order valence-corrected chi connectivity index (χ4v) is 4.03. The summed E-state index contributed by atoms with van der Waals surface area (Å²) in [5.41, 5.74) is 5.83. The van der Waals surface area contributed by atoms with E-state index >= 15 is 0 Å². The predicted octanol–water partition coefficient (Wildman–Crippen LogP) is 3.17. The molecule has 0 radical (unpaired) electrons. The first-order valence-corrected chi connectivity index (χ1v) is 10.3. The second kappa shape index (κ2) is 7.83. The Kier molecular flexibility index (Phi) is 4.86. The van der Waals surface area contributed by atoms with Crippen LogP contribution in [0.4, 0.5) is 0 Å². The van der Waals surface area contributed by atoms with Gasteiger partial charge in [-0.2, -0.15) is 5.10 Å². The molecule has 1 aliphatic rings. The van der Waals surface area contributed by atoms with Gasteiger partial charge in [0.15, 0.2) is 5.65 Å². The molecule has 0 spiro atoms. The van der Waals surface area contributed by atoms with Crippen molar-refractivity contribution in [1.82, 2.24) is 24.6 Å². The first kappa shape index (κ1) is 19.2. The van der Waals surface area contributed by atoms with Gasteiger partial charge < -0.3 is 9.64 Å². The van der Waals surface area contributed by atoms with E-state index in [2.05, 4.69) is 22.2 Å². The number of hydrogen-bond acceptors (Lipinski definition) is 5. The van der Waals surface area contributed by atoms with E-state index < -0.39 is 0 Å². The fourth-order valence-electron chi connectivity index (χ4n) is 4.03. The minimum atomic E-state index is 0.112. The molecule has 0 atom stereocenters. The number of pyridine rings is 2. The molecule has 0 bridgehead atoms. The third-order valence-electron chi connectivity index (χ3n) is 5.70. The number of benzene rings is 1. The second-order valence-corrected chi connectivity index (χ2v) is 7.86. The second-order valence-electron chi connectivity index (χ2n) is 7.86. The summed E-state index contributed by atoms with van der Waals surface area (Å²) >= 11 is 0. The molecular formula is C24H23N5O2. The van der Waals surface area contributed by atoms with Gasteiger partial charge in [0.2, 0.25) is 5.91 Å². The van der Waals surface area contributed by atoms with Gasteiger partial charge >= 0.3 is 0 Å². The maximum atomic E-state index is 12.9. The van der Waals surface area contributed by atoms with E-state index in [4.69, 9.17) is 9.72 Å². The Morgan fingerprint density at radius 2 is 2.06 bits per heavy atom. The lowest BCUT2D eigenvalue weighted by Crippen LogP contribution is -2.37. The number of fused-ring (bicyclic) bond motifs is 2. The number of carbonyl (C=O) groups excluding carboxylic acids is 1. The van der Waals surface area contributed by atoms with E-state index in [1.807, 2.05) is 54.8 Å². The first-order valence-electron chi connectivity index (χ1n) is 10.3. The lowest BCUT2D eigenvalue weighted by molar-refractivity contribution is -0.131. The maximum absolute atomic E-state index is 12.9. The maximum Gasteiger partial charge on any atom is 0.227 e. The summed E-state index contributed by atoms with van der Waals surface area (Å²) in [7, 11) is 3.53. The molecule has 4 aromatic rings. The Morgan fingerprint density at radius 1 is 1.16 bits per heavy atom. The van der Waals surface area contributed by atoms with Gasteiger partial charge in [0.05, 0.1) is 19.7 Å². The highest BCUT2D eigenvalue weighted by Gasteiger charge is 2.22. The van der Waals surface area contributed by atoms with E-state index in [-0.39, 0.29) is 5.91 Å². The minimum absolute atomic E-state index is 0.112. The molecule has 5 rings (SSSR count). The fraction of sp³-hybridized carbons (Fsp3) is 0.250. The molecule has 0 saturated heterocycles. The quantitative estimate of drug-likeness (QED) is 0.514. The van der Waals surface area contributed by atoms with Gasteiger partial charge in [0, 0.05) is 61.2 Å². The van der Waals surface area contributed by atoms with Crippen LogP contribution in [0.3, 0.4) is 0 Å². The van der Waals surface area contributed by atoms with Crippen LogP contribution in [0.1, 0.15) is 16.8 Å². The molecule has 1 amide bonds. The van der Waals surface area contributed by atoms with Crippen LogP contribution < -0.4 is 4.74 Å². The SMILES string of the molecule is COc1cccc(CC(=O)N2CCc3nc4ncc(-c5cnn(C)c5)cc4cc3C2)c1. The van der Waals surface area contributed by atoms with E-state index in [1.165, 1.54) is 0 Å². The monoisotopic (exact) mass is 413 g/mol. The Balaban J connectivity index is 1.38. The average molecular weight is 413 g/mol. The van der Waals surface area contributed by atoms with Crippen molar-refractivity contribution in [2.45, 2.75) is 19.4 Å². The van der Waals surface area contributed by atoms with Crippen molar-refractivity contribution in [3.63, 3.8) is 0 Å². The standard InChI is InChI=1S/C24H23N5O2/c1-28-14-20(13-26-28)18-10-17-11-19-15-29(7-6-22(19)27-24(17)25-12-18)23(30)9-16-4-3-5-21(8-16)31-2/h3-5,8,10-14H,6-7,9,15H2,1-2H3. The Bertz CT molecular complexity index is 1280. The first-order chi connectivity index (χ1) is 15.1. The summed E-state index contributed by atoms with van der Waals surface area (Å²) in [6.45, 7) is 1.24. The van der Waals surface area contributed by atoms with Crippen molar-refractivity contribution in [2.75, 3.05) is 13.7 Å². The number of ether oxygens (including phenoxy) is 1. The summed E-state index contributed by atoms with van der Waals surface area (Å²) in [5.74, 6) is 0.878. The molecule has 0 unspecified atom stereocenters. The summed E-state index contributed by atoms with van der Waals surface area (Å²) in [5, 5.41) is 5.21. The van der Waals surface area contributed by atoms with Gasteiger partial charge in [-0.15, -0.1) is 0 Å². The van der Waals surface area contributed by atoms with Crippen molar-refractivity contribution in [3.05, 3.63) is 71.8 Å². The van der Waals surface area contributed by atoms with Crippen molar-refractivity contribution in [1.29, 1.82) is 0 Å². The van der Waals surface area contributed by atoms with E-state index in [1.54, 1.807) is 11.8 Å². The molecule has 156 valence electrons. The van der Waals surface area contributed by atoms with Crippen LogP contribution in [0.5, 0.6) is 5.75 Å². The van der Waals surface area contributed by atoms with E-state index in [0.717, 1.165) is 51.2 Å². The summed E-state index contributed by atoms with van der Waals surface area (Å²) in [6.07, 6.45) is 6.73. The molecule has 0 aliphatic carbocycles. The Labute approximate surface area is 180 Å².